The molecule has 0 aromatic heterocycles. The molecule has 2 bridgehead atoms. The van der Waals surface area contributed by atoms with Gasteiger partial charge in [-0.05, 0) is 52.9 Å². The molecule has 4 rings (SSSR count). The van der Waals surface area contributed by atoms with Crippen LogP contribution >= 0.6 is 0 Å². The smallest absolute Gasteiger partial charge is 0.404 e. The fourth-order valence-corrected chi connectivity index (χ4v) is 7.85. The number of imide groups is 1. The van der Waals surface area contributed by atoms with Crippen molar-refractivity contribution in [2.75, 3.05) is 6.54 Å². The summed E-state index contributed by atoms with van der Waals surface area (Å²) >= 11 is 0. The van der Waals surface area contributed by atoms with E-state index in [1.54, 1.807) is 0 Å². The van der Waals surface area contributed by atoms with E-state index in [1.165, 1.54) is 6.92 Å². The molecule has 4 aliphatic rings. The predicted molar refractivity (Wildman–Crippen MR) is 157 cm³/mol. The van der Waals surface area contributed by atoms with Crippen molar-refractivity contribution in [2.24, 2.45) is 40.9 Å². The van der Waals surface area contributed by atoms with Crippen LogP contribution in [0.4, 0.5) is 48.3 Å². The van der Waals surface area contributed by atoms with Gasteiger partial charge >= 0.3 is 29.9 Å². The van der Waals surface area contributed by atoms with Gasteiger partial charge < -0.3 is 4.74 Å². The minimum absolute atomic E-state index is 0. The van der Waals surface area contributed by atoms with Gasteiger partial charge in [-0.15, -0.1) is 0 Å². The Morgan fingerprint density at radius 1 is 0.766 bits per heavy atom. The van der Waals surface area contributed by atoms with Crippen LogP contribution < -0.4 is 0 Å². The van der Waals surface area contributed by atoms with Crippen LogP contribution in [0.25, 0.3) is 0 Å². The molecule has 1 aliphatic heterocycles. The number of hydrogen-bond donors (Lipinski definition) is 0. The van der Waals surface area contributed by atoms with Crippen LogP contribution in [0.5, 0.6) is 0 Å². The lowest BCUT2D eigenvalue weighted by Crippen LogP contribution is -2.69. The van der Waals surface area contributed by atoms with Gasteiger partial charge in [0, 0.05) is 24.3 Å². The van der Waals surface area contributed by atoms with Crippen LogP contribution in [0.2, 0.25) is 0 Å². The number of fused-ring (bicyclic) bond motifs is 5. The molecule has 0 aromatic rings. The Balaban J connectivity index is -0.00000323. The summed E-state index contributed by atoms with van der Waals surface area (Å²) in [6.07, 6.45) is -7.40. The largest absolute Gasteiger partial charge is 0.459 e. The summed E-state index contributed by atoms with van der Waals surface area (Å²) in [6, 6.07) is 0. The standard InChI is InChI=1S/C25H28F11NO4.6CH4/c1-7-37-15(38)9(2)12(16(37)39)13-10-8-11(14(13)19(6,25(34,35)36)17(40)41-18(3,4)5)21(27)20(10,26)22(28,29)24(32,33)23(21,30)31;;;;;;/h9-14H,7-8H2,1-6H3;6*1H4. The van der Waals surface area contributed by atoms with E-state index in [-0.39, 0.29) is 58.0 Å². The van der Waals surface area contributed by atoms with Gasteiger partial charge in [-0.2, -0.15) is 39.5 Å². The first-order valence-electron chi connectivity index (χ1n) is 12.8. The maximum Gasteiger partial charge on any atom is 0.404 e. The average Bonchev–Trinajstić information content (AvgIpc) is 3.39. The van der Waals surface area contributed by atoms with Crippen molar-refractivity contribution in [1.29, 1.82) is 0 Å². The molecule has 16 heteroatoms. The van der Waals surface area contributed by atoms with Gasteiger partial charge in [0.25, 0.3) is 0 Å². The van der Waals surface area contributed by atoms with Crippen LogP contribution in [-0.2, 0) is 19.1 Å². The summed E-state index contributed by atoms with van der Waals surface area (Å²) in [4.78, 5) is 39.7. The lowest BCUT2D eigenvalue weighted by molar-refractivity contribution is -0.300. The van der Waals surface area contributed by atoms with Crippen LogP contribution in [-0.4, -0.2) is 70.1 Å². The maximum atomic E-state index is 16.4. The molecule has 47 heavy (non-hydrogen) atoms. The Kier molecular flexibility index (Phi) is 13.6. The van der Waals surface area contributed by atoms with E-state index in [9.17, 15) is 36.3 Å². The van der Waals surface area contributed by atoms with Gasteiger partial charge in [0.15, 0.2) is 5.41 Å². The molecular formula is C31H52F11NO4. The van der Waals surface area contributed by atoms with Crippen molar-refractivity contribution in [3.63, 3.8) is 0 Å². The Hall–Kier alpha value is -2.16. The zero-order chi connectivity index (χ0) is 31.9. The number of carbonyl (C=O) groups is 3. The summed E-state index contributed by atoms with van der Waals surface area (Å²) in [6.45, 7) is 5.31. The molecule has 0 aromatic carbocycles. The van der Waals surface area contributed by atoms with Gasteiger partial charge in [0.1, 0.15) is 5.60 Å². The van der Waals surface area contributed by atoms with E-state index in [2.05, 4.69) is 0 Å². The third-order valence-electron chi connectivity index (χ3n) is 9.63. The molecule has 1 heterocycles. The van der Waals surface area contributed by atoms with E-state index in [4.69, 9.17) is 4.74 Å². The van der Waals surface area contributed by atoms with Gasteiger partial charge in [-0.3, -0.25) is 19.3 Å². The van der Waals surface area contributed by atoms with Gasteiger partial charge in [-0.1, -0.05) is 51.5 Å². The maximum absolute atomic E-state index is 16.4. The van der Waals surface area contributed by atoms with Crippen molar-refractivity contribution >= 4 is 17.8 Å². The quantitative estimate of drug-likeness (QED) is 0.166. The van der Waals surface area contributed by atoms with Crippen LogP contribution in [0.1, 0.15) is 92.5 Å². The van der Waals surface area contributed by atoms with Gasteiger partial charge in [-0.25, -0.2) is 8.78 Å². The molecule has 9 unspecified atom stereocenters. The van der Waals surface area contributed by atoms with Crippen molar-refractivity contribution in [3.8, 4) is 0 Å². The Morgan fingerprint density at radius 2 is 1.17 bits per heavy atom. The number of alkyl halides is 11. The third-order valence-corrected chi connectivity index (χ3v) is 9.63. The molecule has 4 fully saturated rings. The highest BCUT2D eigenvalue weighted by molar-refractivity contribution is 6.05. The molecule has 282 valence electrons. The molecule has 0 spiro atoms. The summed E-state index contributed by atoms with van der Waals surface area (Å²) in [5.41, 5.74) is -16.8. The zero-order valence-electron chi connectivity index (χ0n) is 22.6. The minimum Gasteiger partial charge on any atom is -0.459 e. The van der Waals surface area contributed by atoms with Crippen molar-refractivity contribution in [1.82, 2.24) is 4.90 Å². The topological polar surface area (TPSA) is 63.7 Å². The van der Waals surface area contributed by atoms with Crippen LogP contribution in [0, 0.1) is 40.9 Å². The molecule has 0 N–H and O–H groups in total. The minimum atomic E-state index is -6.70. The Labute approximate surface area is 271 Å². The van der Waals surface area contributed by atoms with Crippen molar-refractivity contribution < 1.29 is 67.4 Å². The highest BCUT2D eigenvalue weighted by atomic mass is 19.4. The molecule has 9 atom stereocenters. The molecule has 2 amide bonds. The number of rotatable bonds is 4. The Bertz CT molecular complexity index is 1190. The molecule has 5 nitrogen and oxygen atoms in total. The Morgan fingerprint density at radius 3 is 1.51 bits per heavy atom. The fraction of sp³-hybridized carbons (Fsp3) is 0.903. The second kappa shape index (κ2) is 12.9. The van der Waals surface area contributed by atoms with E-state index < -0.39 is 106 Å². The molecule has 3 saturated carbocycles. The monoisotopic (exact) mass is 711 g/mol. The van der Waals surface area contributed by atoms with Crippen molar-refractivity contribution in [3.05, 3.63) is 0 Å². The first kappa shape index (κ1) is 49.2. The zero-order valence-corrected chi connectivity index (χ0v) is 22.6. The van der Waals surface area contributed by atoms with E-state index in [0.29, 0.717) is 4.90 Å². The average molecular weight is 712 g/mol. The second-order valence-electron chi connectivity index (χ2n) is 12.6. The highest BCUT2D eigenvalue weighted by Crippen LogP contribution is 2.83. The van der Waals surface area contributed by atoms with E-state index >= 15 is 26.3 Å². The predicted octanol–water partition coefficient (Wildman–Crippen LogP) is 9.57. The third kappa shape index (κ3) is 5.09. The number of esters is 1. The first-order valence-corrected chi connectivity index (χ1v) is 12.8. The normalized spacial score (nSPS) is 37.0. The SMILES string of the molecule is C.C.C.C.C.C.CCN1C(=O)C(C)C(C2C(C(C)(C(=O)OC(C)(C)C)C(F)(F)F)C3CC2C2(F)C(F)(F)C(F)(F)C(F)(F)C32F)C1=O. The second-order valence-corrected chi connectivity index (χ2v) is 12.6. The van der Waals surface area contributed by atoms with E-state index in [0.717, 1.165) is 27.7 Å². The van der Waals surface area contributed by atoms with Crippen LogP contribution in [0.3, 0.4) is 0 Å². The lowest BCUT2D eigenvalue weighted by atomic mass is 9.53. The number of carbonyl (C=O) groups excluding carboxylic acids is 3. The molecule has 1 saturated heterocycles. The summed E-state index contributed by atoms with van der Waals surface area (Å²) in [5.74, 6) is -39.9. The lowest BCUT2D eigenvalue weighted by Gasteiger charge is -2.52. The van der Waals surface area contributed by atoms with Gasteiger partial charge in [0.05, 0.1) is 5.92 Å². The number of halogens is 11. The molecule has 0 radical (unpaired) electrons. The number of hydrogen-bond acceptors (Lipinski definition) is 4. The fourth-order valence-electron chi connectivity index (χ4n) is 7.85. The first-order chi connectivity index (χ1) is 18.2. The number of ether oxygens (including phenoxy) is 1. The van der Waals surface area contributed by atoms with Crippen molar-refractivity contribution in [2.45, 2.75) is 133 Å². The molecular weight excluding hydrogens is 659 g/mol. The number of nitrogens with zero attached hydrogens (tertiary/aromatic N) is 1. The number of amides is 2. The molecule has 3 aliphatic carbocycles. The summed E-state index contributed by atoms with van der Waals surface area (Å²) in [7, 11) is 0. The van der Waals surface area contributed by atoms with E-state index in [1.807, 2.05) is 0 Å². The number of likely N-dealkylation sites (tertiary alicyclic amines) is 1. The summed E-state index contributed by atoms with van der Waals surface area (Å²) < 4.78 is 172. The summed E-state index contributed by atoms with van der Waals surface area (Å²) in [5, 5.41) is 0. The van der Waals surface area contributed by atoms with Gasteiger partial charge in [0.2, 0.25) is 23.2 Å². The van der Waals surface area contributed by atoms with Crippen LogP contribution in [0.15, 0.2) is 0 Å². The highest BCUT2D eigenvalue weighted by Gasteiger charge is 3.05.